The van der Waals surface area contributed by atoms with Gasteiger partial charge in [-0.05, 0) is 41.6 Å². The van der Waals surface area contributed by atoms with Crippen LogP contribution < -0.4 is 10.2 Å². The molecule has 1 aliphatic rings. The van der Waals surface area contributed by atoms with Crippen LogP contribution in [0.4, 0.5) is 11.4 Å². The van der Waals surface area contributed by atoms with E-state index in [0.717, 1.165) is 22.0 Å². The SMILES string of the molecule is Cc1ccc(N2C(=O)C(Nc3cccc4ccccc34)=C(c3ccccc3)C2=O)cc1Cl. The lowest BCUT2D eigenvalue weighted by atomic mass is 10.0. The van der Waals surface area contributed by atoms with Crippen LogP contribution in [0, 0.1) is 6.92 Å². The third-order valence-corrected chi connectivity index (χ3v) is 6.02. The lowest BCUT2D eigenvalue weighted by Crippen LogP contribution is -2.32. The first-order chi connectivity index (χ1) is 15.5. The topological polar surface area (TPSA) is 49.4 Å². The quantitative estimate of drug-likeness (QED) is 0.386. The first kappa shape index (κ1) is 20.0. The van der Waals surface area contributed by atoms with E-state index in [1.54, 1.807) is 18.2 Å². The van der Waals surface area contributed by atoms with Gasteiger partial charge in [0.25, 0.3) is 11.8 Å². The summed E-state index contributed by atoms with van der Waals surface area (Å²) in [6.07, 6.45) is 0. The molecule has 0 aromatic heterocycles. The summed E-state index contributed by atoms with van der Waals surface area (Å²) in [4.78, 5) is 28.3. The number of anilines is 2. The van der Waals surface area contributed by atoms with Gasteiger partial charge in [0.15, 0.2) is 0 Å². The van der Waals surface area contributed by atoms with Gasteiger partial charge < -0.3 is 5.32 Å². The molecule has 0 spiro atoms. The van der Waals surface area contributed by atoms with E-state index in [0.29, 0.717) is 21.8 Å². The number of carbonyl (C=O) groups is 2. The Balaban J connectivity index is 1.65. The number of halogens is 1. The molecule has 0 saturated heterocycles. The summed E-state index contributed by atoms with van der Waals surface area (Å²) >= 11 is 6.29. The van der Waals surface area contributed by atoms with Crippen molar-refractivity contribution in [3.05, 3.63) is 113 Å². The predicted molar refractivity (Wildman–Crippen MR) is 130 cm³/mol. The van der Waals surface area contributed by atoms with Crippen LogP contribution in [0.3, 0.4) is 0 Å². The van der Waals surface area contributed by atoms with Crippen molar-refractivity contribution in [1.29, 1.82) is 0 Å². The van der Waals surface area contributed by atoms with Crippen molar-refractivity contribution in [2.75, 3.05) is 10.2 Å². The molecule has 0 radical (unpaired) electrons. The van der Waals surface area contributed by atoms with Crippen LogP contribution in [0.1, 0.15) is 11.1 Å². The molecule has 4 nitrogen and oxygen atoms in total. The number of hydrogen-bond acceptors (Lipinski definition) is 3. The third-order valence-electron chi connectivity index (χ3n) is 5.61. The highest BCUT2D eigenvalue weighted by atomic mass is 35.5. The molecule has 4 aromatic carbocycles. The smallest absolute Gasteiger partial charge is 0.282 e. The van der Waals surface area contributed by atoms with Gasteiger partial charge in [-0.15, -0.1) is 0 Å². The van der Waals surface area contributed by atoms with Gasteiger partial charge in [0.05, 0.1) is 11.3 Å². The van der Waals surface area contributed by atoms with Crippen molar-refractivity contribution in [1.82, 2.24) is 0 Å². The molecular weight excluding hydrogens is 420 g/mol. The summed E-state index contributed by atoms with van der Waals surface area (Å²) in [5.41, 5.74) is 3.33. The number of rotatable bonds is 4. The molecule has 0 saturated carbocycles. The molecule has 1 N–H and O–H groups in total. The van der Waals surface area contributed by atoms with E-state index in [1.807, 2.05) is 79.7 Å². The number of nitrogens with one attached hydrogen (secondary N) is 1. The lowest BCUT2D eigenvalue weighted by molar-refractivity contribution is -0.120. The fraction of sp³-hybridized carbons (Fsp3) is 0.0370. The van der Waals surface area contributed by atoms with Crippen LogP contribution in [-0.4, -0.2) is 11.8 Å². The van der Waals surface area contributed by atoms with Gasteiger partial charge >= 0.3 is 0 Å². The summed E-state index contributed by atoms with van der Waals surface area (Å²) in [6.45, 7) is 1.88. The normalized spacial score (nSPS) is 13.9. The second-order valence-corrected chi connectivity index (χ2v) is 8.05. The van der Waals surface area contributed by atoms with Crippen molar-refractivity contribution >= 4 is 51.1 Å². The van der Waals surface area contributed by atoms with E-state index in [4.69, 9.17) is 11.6 Å². The number of nitrogens with zero attached hydrogens (tertiary/aromatic N) is 1. The van der Waals surface area contributed by atoms with Gasteiger partial charge in [0.2, 0.25) is 0 Å². The summed E-state index contributed by atoms with van der Waals surface area (Å²) in [5, 5.41) is 5.78. The number of benzene rings is 4. The van der Waals surface area contributed by atoms with Gasteiger partial charge in [-0.1, -0.05) is 84.4 Å². The van der Waals surface area contributed by atoms with Crippen molar-refractivity contribution in [3.63, 3.8) is 0 Å². The van der Waals surface area contributed by atoms with Crippen LogP contribution in [0.5, 0.6) is 0 Å². The monoisotopic (exact) mass is 438 g/mol. The van der Waals surface area contributed by atoms with Gasteiger partial charge in [-0.2, -0.15) is 0 Å². The minimum absolute atomic E-state index is 0.245. The molecule has 5 rings (SSSR count). The highest BCUT2D eigenvalue weighted by molar-refractivity contribution is 6.46. The van der Waals surface area contributed by atoms with Crippen molar-refractivity contribution in [3.8, 4) is 0 Å². The summed E-state index contributed by atoms with van der Waals surface area (Å²) in [7, 11) is 0. The van der Waals surface area contributed by atoms with Crippen molar-refractivity contribution in [2.45, 2.75) is 6.92 Å². The van der Waals surface area contributed by atoms with Gasteiger partial charge in [0.1, 0.15) is 5.70 Å². The molecule has 0 fully saturated rings. The highest BCUT2D eigenvalue weighted by Crippen LogP contribution is 2.36. The number of fused-ring (bicyclic) bond motifs is 1. The van der Waals surface area contributed by atoms with E-state index in [2.05, 4.69) is 5.32 Å². The Kier molecular flexibility index (Phi) is 5.00. The minimum atomic E-state index is -0.415. The molecule has 5 heteroatoms. The first-order valence-corrected chi connectivity index (χ1v) is 10.6. The number of amides is 2. The fourth-order valence-corrected chi connectivity index (χ4v) is 4.12. The number of hydrogen-bond donors (Lipinski definition) is 1. The maximum Gasteiger partial charge on any atom is 0.282 e. The van der Waals surface area contributed by atoms with Crippen molar-refractivity contribution in [2.24, 2.45) is 0 Å². The number of imide groups is 1. The molecule has 0 aliphatic carbocycles. The fourth-order valence-electron chi connectivity index (χ4n) is 3.94. The maximum atomic E-state index is 13.6. The summed E-state index contributed by atoms with van der Waals surface area (Å²) < 4.78 is 0. The van der Waals surface area contributed by atoms with Crippen LogP contribution in [0.25, 0.3) is 16.3 Å². The molecular formula is C27H19ClN2O2. The molecule has 1 heterocycles. The predicted octanol–water partition coefficient (Wildman–Crippen LogP) is 6.20. The second kappa shape index (κ2) is 7.98. The lowest BCUT2D eigenvalue weighted by Gasteiger charge is -2.16. The van der Waals surface area contributed by atoms with E-state index in [1.165, 1.54) is 4.90 Å². The minimum Gasteiger partial charge on any atom is -0.350 e. The Morgan fingerprint density at radius 3 is 2.28 bits per heavy atom. The van der Waals surface area contributed by atoms with Gasteiger partial charge in [-0.25, -0.2) is 4.90 Å². The Hall–Kier alpha value is -3.89. The van der Waals surface area contributed by atoms with E-state index < -0.39 is 5.91 Å². The maximum absolute atomic E-state index is 13.6. The molecule has 2 amide bonds. The van der Waals surface area contributed by atoms with E-state index >= 15 is 0 Å². The first-order valence-electron chi connectivity index (χ1n) is 10.2. The second-order valence-electron chi connectivity index (χ2n) is 7.65. The van der Waals surface area contributed by atoms with Crippen LogP contribution in [0.2, 0.25) is 5.02 Å². The average Bonchev–Trinajstić information content (AvgIpc) is 3.06. The number of aryl methyl sites for hydroxylation is 1. The molecule has 4 aromatic rings. The zero-order valence-electron chi connectivity index (χ0n) is 17.3. The molecule has 1 aliphatic heterocycles. The van der Waals surface area contributed by atoms with Crippen LogP contribution >= 0.6 is 11.6 Å². The Morgan fingerprint density at radius 1 is 0.781 bits per heavy atom. The zero-order chi connectivity index (χ0) is 22.2. The Bertz CT molecular complexity index is 1400. The van der Waals surface area contributed by atoms with Crippen LogP contribution in [0.15, 0.2) is 96.7 Å². The van der Waals surface area contributed by atoms with E-state index in [9.17, 15) is 9.59 Å². The molecule has 156 valence electrons. The largest absolute Gasteiger partial charge is 0.350 e. The molecule has 0 unspecified atom stereocenters. The zero-order valence-corrected chi connectivity index (χ0v) is 18.1. The van der Waals surface area contributed by atoms with Gasteiger partial charge in [-0.3, -0.25) is 9.59 Å². The molecule has 0 bridgehead atoms. The average molecular weight is 439 g/mol. The van der Waals surface area contributed by atoms with Crippen LogP contribution in [-0.2, 0) is 9.59 Å². The third kappa shape index (κ3) is 3.35. The molecule has 0 atom stereocenters. The standard InChI is InChI=1S/C27H19ClN2O2/c1-17-14-15-20(16-22(17)28)30-26(31)24(19-9-3-2-4-10-19)25(27(30)32)29-23-13-7-11-18-8-5-6-12-21(18)23/h2-16,29H,1H3. The highest BCUT2D eigenvalue weighted by Gasteiger charge is 2.40. The van der Waals surface area contributed by atoms with Crippen molar-refractivity contribution < 1.29 is 9.59 Å². The van der Waals surface area contributed by atoms with Gasteiger partial charge in [0, 0.05) is 16.1 Å². The summed E-state index contributed by atoms with van der Waals surface area (Å²) in [5.74, 6) is -0.800. The number of carbonyl (C=O) groups excluding carboxylic acids is 2. The summed E-state index contributed by atoms with van der Waals surface area (Å²) in [6, 6.07) is 28.2. The Labute approximate surface area is 190 Å². The molecule has 32 heavy (non-hydrogen) atoms. The Morgan fingerprint density at radius 2 is 1.50 bits per heavy atom. The van der Waals surface area contributed by atoms with E-state index in [-0.39, 0.29) is 11.6 Å².